The third-order valence-electron chi connectivity index (χ3n) is 4.24. The van der Waals surface area contributed by atoms with Gasteiger partial charge in [0.25, 0.3) is 0 Å². The summed E-state index contributed by atoms with van der Waals surface area (Å²) < 4.78 is 18.8. The van der Waals surface area contributed by atoms with Crippen molar-refractivity contribution in [2.45, 2.75) is 19.6 Å². The number of halogens is 1. The van der Waals surface area contributed by atoms with Gasteiger partial charge in [-0.1, -0.05) is 30.3 Å². The molecule has 1 aromatic heterocycles. The molecule has 2 aromatic carbocycles. The van der Waals surface area contributed by atoms with Gasteiger partial charge < -0.3 is 15.4 Å². The van der Waals surface area contributed by atoms with Crippen molar-refractivity contribution >= 4 is 11.8 Å². The Morgan fingerprint density at radius 3 is 2.43 bits per heavy atom. The van der Waals surface area contributed by atoms with Gasteiger partial charge in [0.1, 0.15) is 18.2 Å². The van der Waals surface area contributed by atoms with Crippen LogP contribution in [-0.2, 0) is 29.2 Å². The largest absolute Gasteiger partial charge is 0.489 e. The summed E-state index contributed by atoms with van der Waals surface area (Å²) in [6.45, 7) is 0.626. The van der Waals surface area contributed by atoms with E-state index in [4.69, 9.17) is 4.74 Å². The Balaban J connectivity index is 1.36. The number of nitrogens with zero attached hydrogens (tertiary/aromatic N) is 1. The second-order valence-corrected chi connectivity index (χ2v) is 6.65. The van der Waals surface area contributed by atoms with E-state index < -0.39 is 5.82 Å². The maximum atomic E-state index is 13.1. The molecule has 154 valence electrons. The first-order valence-corrected chi connectivity index (χ1v) is 9.47. The van der Waals surface area contributed by atoms with Crippen LogP contribution < -0.4 is 15.4 Å². The molecule has 0 radical (unpaired) electrons. The summed E-state index contributed by atoms with van der Waals surface area (Å²) in [5.41, 5.74) is 2.44. The van der Waals surface area contributed by atoms with Crippen molar-refractivity contribution in [2.75, 3.05) is 6.54 Å². The Bertz CT molecular complexity index is 978. The maximum Gasteiger partial charge on any atom is 0.239 e. The van der Waals surface area contributed by atoms with Crippen LogP contribution in [0.15, 0.2) is 73.1 Å². The van der Waals surface area contributed by atoms with E-state index >= 15 is 0 Å². The summed E-state index contributed by atoms with van der Waals surface area (Å²) in [6, 6.07) is 17.0. The van der Waals surface area contributed by atoms with E-state index in [1.807, 2.05) is 36.4 Å². The van der Waals surface area contributed by atoms with Gasteiger partial charge in [-0.2, -0.15) is 0 Å². The first-order chi connectivity index (χ1) is 14.6. The number of ether oxygens (including phenoxy) is 1. The summed E-state index contributed by atoms with van der Waals surface area (Å²) in [7, 11) is 0. The minimum Gasteiger partial charge on any atom is -0.489 e. The molecular weight excluding hydrogens is 385 g/mol. The zero-order valence-electron chi connectivity index (χ0n) is 16.3. The topological polar surface area (TPSA) is 80.3 Å². The Kier molecular flexibility index (Phi) is 7.49. The Hall–Kier alpha value is -3.74. The van der Waals surface area contributed by atoms with Crippen molar-refractivity contribution in [1.82, 2.24) is 15.6 Å². The van der Waals surface area contributed by atoms with Crippen LogP contribution in [0.3, 0.4) is 0 Å². The van der Waals surface area contributed by atoms with Crippen molar-refractivity contribution in [3.05, 3.63) is 95.6 Å². The van der Waals surface area contributed by atoms with Crippen molar-refractivity contribution < 1.29 is 18.7 Å². The number of hydrogen-bond acceptors (Lipinski definition) is 4. The molecular formula is C23H22FN3O3. The van der Waals surface area contributed by atoms with E-state index in [0.717, 1.165) is 16.9 Å². The molecule has 0 fully saturated rings. The quantitative estimate of drug-likeness (QED) is 0.572. The molecule has 0 atom stereocenters. The van der Waals surface area contributed by atoms with Gasteiger partial charge in [0.05, 0.1) is 13.0 Å². The third-order valence-corrected chi connectivity index (χ3v) is 4.24. The van der Waals surface area contributed by atoms with Crippen LogP contribution in [0.25, 0.3) is 0 Å². The molecule has 0 saturated carbocycles. The van der Waals surface area contributed by atoms with Crippen LogP contribution in [0.5, 0.6) is 5.75 Å². The van der Waals surface area contributed by atoms with Crippen LogP contribution in [0.4, 0.5) is 4.39 Å². The number of aromatic nitrogens is 1. The zero-order chi connectivity index (χ0) is 21.2. The maximum absolute atomic E-state index is 13.1. The fourth-order valence-electron chi connectivity index (χ4n) is 2.69. The number of carbonyl (C=O) groups is 2. The van der Waals surface area contributed by atoms with E-state index in [1.165, 1.54) is 12.1 Å². The molecule has 7 heteroatoms. The average Bonchev–Trinajstić information content (AvgIpc) is 2.76. The van der Waals surface area contributed by atoms with Crippen molar-refractivity contribution in [3.63, 3.8) is 0 Å². The molecule has 0 spiro atoms. The number of benzene rings is 2. The van der Waals surface area contributed by atoms with E-state index in [2.05, 4.69) is 15.6 Å². The highest BCUT2D eigenvalue weighted by Gasteiger charge is 2.07. The Morgan fingerprint density at radius 1 is 0.900 bits per heavy atom. The molecule has 3 rings (SSSR count). The normalized spacial score (nSPS) is 10.3. The van der Waals surface area contributed by atoms with Crippen molar-refractivity contribution in [3.8, 4) is 5.75 Å². The van der Waals surface area contributed by atoms with Gasteiger partial charge in [-0.25, -0.2) is 4.39 Å². The highest BCUT2D eigenvalue weighted by atomic mass is 19.1. The van der Waals surface area contributed by atoms with Gasteiger partial charge in [0, 0.05) is 24.5 Å². The molecule has 3 aromatic rings. The second kappa shape index (κ2) is 10.7. The van der Waals surface area contributed by atoms with Crippen molar-refractivity contribution in [1.29, 1.82) is 0 Å². The van der Waals surface area contributed by atoms with Crippen LogP contribution >= 0.6 is 0 Å². The minimum atomic E-state index is -0.397. The molecule has 0 saturated heterocycles. The number of nitrogens with one attached hydrogen (secondary N) is 2. The molecule has 0 bridgehead atoms. The van der Waals surface area contributed by atoms with Gasteiger partial charge in [0.15, 0.2) is 0 Å². The van der Waals surface area contributed by atoms with Gasteiger partial charge in [-0.15, -0.1) is 0 Å². The number of amides is 2. The molecule has 2 amide bonds. The molecule has 0 aliphatic rings. The van der Waals surface area contributed by atoms with Crippen LogP contribution in [-0.4, -0.2) is 23.3 Å². The van der Waals surface area contributed by atoms with Gasteiger partial charge >= 0.3 is 0 Å². The van der Waals surface area contributed by atoms with Crippen LogP contribution in [0.1, 0.15) is 16.7 Å². The van der Waals surface area contributed by atoms with Crippen LogP contribution in [0.2, 0.25) is 0 Å². The first-order valence-electron chi connectivity index (χ1n) is 9.47. The highest BCUT2D eigenvalue weighted by molar-refractivity contribution is 5.85. The summed E-state index contributed by atoms with van der Waals surface area (Å²) in [4.78, 5) is 27.9. The molecule has 0 aliphatic heterocycles. The number of pyridine rings is 1. The molecule has 0 aliphatic carbocycles. The lowest BCUT2D eigenvalue weighted by atomic mass is 10.1. The van der Waals surface area contributed by atoms with Crippen LogP contribution in [0, 0.1) is 5.82 Å². The predicted octanol–water partition coefficient (Wildman–Crippen LogP) is 2.77. The minimum absolute atomic E-state index is 0.0194. The summed E-state index contributed by atoms with van der Waals surface area (Å²) in [5.74, 6) is -0.324. The molecule has 30 heavy (non-hydrogen) atoms. The Labute approximate surface area is 174 Å². The van der Waals surface area contributed by atoms with E-state index in [9.17, 15) is 14.0 Å². The van der Waals surface area contributed by atoms with E-state index in [0.29, 0.717) is 18.7 Å². The number of carbonyl (C=O) groups excluding carboxylic acids is 2. The smallest absolute Gasteiger partial charge is 0.239 e. The summed E-state index contributed by atoms with van der Waals surface area (Å²) >= 11 is 0. The van der Waals surface area contributed by atoms with Gasteiger partial charge in [0.2, 0.25) is 11.8 Å². The standard InChI is InChI=1S/C23H22FN3O3/c24-20-5-1-3-18(11-20)12-22(28)27-15-23(29)26-14-17-6-8-21(9-7-17)30-16-19-4-2-10-25-13-19/h1-11,13H,12,14-16H2,(H,26,29)(H,27,28). The lowest BCUT2D eigenvalue weighted by Crippen LogP contribution is -2.37. The number of hydrogen-bond donors (Lipinski definition) is 2. The monoisotopic (exact) mass is 407 g/mol. The number of rotatable bonds is 9. The SMILES string of the molecule is O=C(CNC(=O)Cc1cccc(F)c1)NCc1ccc(OCc2cccnc2)cc1. The predicted molar refractivity (Wildman–Crippen MR) is 110 cm³/mol. The van der Waals surface area contributed by atoms with Gasteiger partial charge in [-0.05, 0) is 41.5 Å². The lowest BCUT2D eigenvalue weighted by Gasteiger charge is -2.09. The molecule has 2 N–H and O–H groups in total. The highest BCUT2D eigenvalue weighted by Crippen LogP contribution is 2.14. The lowest BCUT2D eigenvalue weighted by molar-refractivity contribution is -0.125. The molecule has 1 heterocycles. The zero-order valence-corrected chi connectivity index (χ0v) is 16.3. The van der Waals surface area contributed by atoms with E-state index in [-0.39, 0.29) is 24.8 Å². The second-order valence-electron chi connectivity index (χ2n) is 6.65. The van der Waals surface area contributed by atoms with Gasteiger partial charge in [-0.3, -0.25) is 14.6 Å². The Morgan fingerprint density at radius 2 is 1.70 bits per heavy atom. The average molecular weight is 407 g/mol. The molecule has 6 nitrogen and oxygen atoms in total. The summed E-state index contributed by atoms with van der Waals surface area (Å²) in [6.07, 6.45) is 3.48. The third kappa shape index (κ3) is 7.01. The van der Waals surface area contributed by atoms with Crippen molar-refractivity contribution in [2.24, 2.45) is 0 Å². The molecule has 0 unspecified atom stereocenters. The summed E-state index contributed by atoms with van der Waals surface area (Å²) in [5, 5.41) is 5.27. The fraction of sp³-hybridized carbons (Fsp3) is 0.174. The van der Waals surface area contributed by atoms with E-state index in [1.54, 1.807) is 24.5 Å². The fourth-order valence-corrected chi connectivity index (χ4v) is 2.69. The first kappa shape index (κ1) is 21.0.